The molecule has 0 heterocycles. The zero-order valence-corrected chi connectivity index (χ0v) is 13.9. The Morgan fingerprint density at radius 1 is 1.12 bits per heavy atom. The van der Waals surface area contributed by atoms with Crippen molar-refractivity contribution in [3.05, 3.63) is 66.0 Å². The van der Waals surface area contributed by atoms with Gasteiger partial charge in [0.1, 0.15) is 11.6 Å². The van der Waals surface area contributed by atoms with Gasteiger partial charge in [0.2, 0.25) is 5.91 Å². The van der Waals surface area contributed by atoms with Crippen LogP contribution in [0.2, 0.25) is 0 Å². The second kappa shape index (κ2) is 8.82. The predicted molar refractivity (Wildman–Crippen MR) is 92.3 cm³/mol. The number of nitrogens with one attached hydrogen (secondary N) is 1. The van der Waals surface area contributed by atoms with E-state index in [0.29, 0.717) is 12.2 Å². The third-order valence-electron chi connectivity index (χ3n) is 3.75. The maximum atomic E-state index is 12.9. The fraction of sp³-hybridized carbons (Fsp3) is 0.263. The number of amides is 2. The summed E-state index contributed by atoms with van der Waals surface area (Å²) in [6.45, 7) is 1.72. The summed E-state index contributed by atoms with van der Waals surface area (Å²) in [4.78, 5) is 23.7. The number of halogens is 1. The van der Waals surface area contributed by atoms with Crippen LogP contribution in [0.25, 0.3) is 0 Å². The van der Waals surface area contributed by atoms with Crippen LogP contribution in [0.5, 0.6) is 5.75 Å². The number of hydrogen-bond donors (Lipinski definition) is 2. The Labute approximate surface area is 146 Å². The Hall–Kier alpha value is -2.89. The maximum Gasteiger partial charge on any atom is 0.260 e. The van der Waals surface area contributed by atoms with Crippen LogP contribution in [-0.4, -0.2) is 24.5 Å². The minimum atomic E-state index is -0.707. The second-order valence-corrected chi connectivity index (χ2v) is 5.75. The molecule has 2 atom stereocenters. The van der Waals surface area contributed by atoms with Crippen LogP contribution in [0.15, 0.2) is 54.6 Å². The molecule has 5 nitrogen and oxygen atoms in total. The number of hydrogen-bond acceptors (Lipinski definition) is 3. The highest BCUT2D eigenvalue weighted by atomic mass is 19.1. The minimum absolute atomic E-state index is 0.0913. The summed E-state index contributed by atoms with van der Waals surface area (Å²) in [5.74, 6) is -1.21. The molecule has 0 saturated heterocycles. The molecular weight excluding hydrogens is 323 g/mol. The van der Waals surface area contributed by atoms with Crippen LogP contribution in [0.4, 0.5) is 4.39 Å². The first kappa shape index (κ1) is 18.4. The summed E-state index contributed by atoms with van der Waals surface area (Å²) >= 11 is 0. The highest BCUT2D eigenvalue weighted by Crippen LogP contribution is 2.12. The van der Waals surface area contributed by atoms with E-state index >= 15 is 0 Å². The van der Waals surface area contributed by atoms with E-state index in [9.17, 15) is 14.0 Å². The first-order valence-corrected chi connectivity index (χ1v) is 7.99. The summed E-state index contributed by atoms with van der Waals surface area (Å²) < 4.78 is 18.5. The molecule has 2 aromatic carbocycles. The molecule has 0 radical (unpaired) electrons. The van der Waals surface area contributed by atoms with Crippen molar-refractivity contribution in [2.75, 3.05) is 6.54 Å². The summed E-state index contributed by atoms with van der Waals surface area (Å²) in [6, 6.07) is 14.8. The average Bonchev–Trinajstić information content (AvgIpc) is 2.60. The lowest BCUT2D eigenvalue weighted by molar-refractivity contribution is -0.128. The third kappa shape index (κ3) is 5.91. The van der Waals surface area contributed by atoms with E-state index in [1.54, 1.807) is 31.2 Å². The zero-order valence-electron chi connectivity index (χ0n) is 13.9. The Morgan fingerprint density at radius 2 is 1.76 bits per heavy atom. The van der Waals surface area contributed by atoms with Crippen molar-refractivity contribution in [1.29, 1.82) is 0 Å². The van der Waals surface area contributed by atoms with Gasteiger partial charge in [0, 0.05) is 6.54 Å². The highest BCUT2D eigenvalue weighted by Gasteiger charge is 2.20. The number of carbonyl (C=O) groups is 2. The molecule has 2 aromatic rings. The predicted octanol–water partition coefficient (Wildman–Crippen LogP) is 2.05. The average molecular weight is 344 g/mol. The van der Waals surface area contributed by atoms with E-state index in [1.165, 1.54) is 12.1 Å². The van der Waals surface area contributed by atoms with Gasteiger partial charge in [-0.2, -0.15) is 0 Å². The Kier molecular flexibility index (Phi) is 6.51. The molecule has 0 aliphatic rings. The third-order valence-corrected chi connectivity index (χ3v) is 3.75. The minimum Gasteiger partial charge on any atom is -0.481 e. The lowest BCUT2D eigenvalue weighted by Crippen LogP contribution is -2.42. The van der Waals surface area contributed by atoms with Gasteiger partial charge >= 0.3 is 0 Å². The molecule has 0 unspecified atom stereocenters. The molecule has 132 valence electrons. The Morgan fingerprint density at radius 3 is 2.36 bits per heavy atom. The van der Waals surface area contributed by atoms with Gasteiger partial charge in [0.05, 0.1) is 5.92 Å². The van der Waals surface area contributed by atoms with Gasteiger partial charge < -0.3 is 15.8 Å². The number of para-hydroxylation sites is 1. The molecule has 0 spiro atoms. The molecule has 0 aromatic heterocycles. The van der Waals surface area contributed by atoms with Crippen LogP contribution >= 0.6 is 0 Å². The lowest BCUT2D eigenvalue weighted by atomic mass is 9.98. The number of carbonyl (C=O) groups excluding carboxylic acids is 2. The summed E-state index contributed by atoms with van der Waals surface area (Å²) in [6.07, 6.45) is -0.383. The monoisotopic (exact) mass is 344 g/mol. The van der Waals surface area contributed by atoms with Crippen molar-refractivity contribution in [1.82, 2.24) is 5.32 Å². The van der Waals surface area contributed by atoms with E-state index < -0.39 is 17.9 Å². The quantitative estimate of drug-likeness (QED) is 0.769. The standard InChI is InChI=1S/C19H21FN2O3/c1-13(25-17-5-3-2-4-6-17)19(24)22-12-15(18(21)23)11-14-7-9-16(20)10-8-14/h2-10,13,15H,11-12H2,1H3,(H2,21,23)(H,22,24)/t13-,15+/m0/s1. The van der Waals surface area contributed by atoms with E-state index in [0.717, 1.165) is 5.56 Å². The van der Waals surface area contributed by atoms with Gasteiger partial charge in [-0.15, -0.1) is 0 Å². The first-order chi connectivity index (χ1) is 12.0. The largest absolute Gasteiger partial charge is 0.481 e. The van der Waals surface area contributed by atoms with Crippen molar-refractivity contribution in [3.63, 3.8) is 0 Å². The van der Waals surface area contributed by atoms with Gasteiger partial charge in [-0.3, -0.25) is 9.59 Å². The topological polar surface area (TPSA) is 81.4 Å². The van der Waals surface area contributed by atoms with E-state index in [4.69, 9.17) is 10.5 Å². The van der Waals surface area contributed by atoms with Crippen molar-refractivity contribution in [2.24, 2.45) is 11.7 Å². The zero-order chi connectivity index (χ0) is 18.2. The van der Waals surface area contributed by atoms with Crippen molar-refractivity contribution in [3.8, 4) is 5.75 Å². The van der Waals surface area contributed by atoms with E-state index in [2.05, 4.69) is 5.32 Å². The molecule has 2 amide bonds. The summed E-state index contributed by atoms with van der Waals surface area (Å²) in [5, 5.41) is 2.68. The smallest absolute Gasteiger partial charge is 0.260 e. The maximum absolute atomic E-state index is 12.9. The fourth-order valence-electron chi connectivity index (χ4n) is 2.30. The fourth-order valence-corrected chi connectivity index (χ4v) is 2.30. The van der Waals surface area contributed by atoms with Crippen LogP contribution in [0.3, 0.4) is 0 Å². The number of nitrogens with two attached hydrogens (primary N) is 1. The molecule has 25 heavy (non-hydrogen) atoms. The Balaban J connectivity index is 1.88. The van der Waals surface area contributed by atoms with Crippen LogP contribution < -0.4 is 15.8 Å². The normalized spacial score (nSPS) is 12.9. The first-order valence-electron chi connectivity index (χ1n) is 7.99. The second-order valence-electron chi connectivity index (χ2n) is 5.75. The number of rotatable bonds is 8. The molecule has 2 rings (SSSR count). The molecular formula is C19H21FN2O3. The summed E-state index contributed by atoms with van der Waals surface area (Å²) in [5.41, 5.74) is 6.18. The lowest BCUT2D eigenvalue weighted by Gasteiger charge is -2.18. The highest BCUT2D eigenvalue weighted by molar-refractivity contribution is 5.82. The SMILES string of the molecule is C[C@H](Oc1ccccc1)C(=O)NC[C@@H](Cc1ccc(F)cc1)C(N)=O. The van der Waals surface area contributed by atoms with Gasteiger partial charge in [0.15, 0.2) is 6.10 Å². The van der Waals surface area contributed by atoms with Crippen molar-refractivity contribution >= 4 is 11.8 Å². The van der Waals surface area contributed by atoms with Crippen molar-refractivity contribution in [2.45, 2.75) is 19.4 Å². The molecule has 6 heteroatoms. The molecule has 0 saturated carbocycles. The van der Waals surface area contributed by atoms with Crippen LogP contribution in [0.1, 0.15) is 12.5 Å². The van der Waals surface area contributed by atoms with E-state index in [-0.39, 0.29) is 18.3 Å². The molecule has 0 fully saturated rings. The van der Waals surface area contributed by atoms with E-state index in [1.807, 2.05) is 18.2 Å². The molecule has 3 N–H and O–H groups in total. The summed E-state index contributed by atoms with van der Waals surface area (Å²) in [7, 11) is 0. The van der Waals surface area contributed by atoms with Crippen LogP contribution in [0, 0.1) is 11.7 Å². The molecule has 0 aliphatic heterocycles. The molecule has 0 bridgehead atoms. The number of ether oxygens (including phenoxy) is 1. The van der Waals surface area contributed by atoms with Crippen LogP contribution in [-0.2, 0) is 16.0 Å². The molecule has 0 aliphatic carbocycles. The van der Waals surface area contributed by atoms with Gasteiger partial charge in [0.25, 0.3) is 5.91 Å². The van der Waals surface area contributed by atoms with Gasteiger partial charge in [-0.25, -0.2) is 4.39 Å². The van der Waals surface area contributed by atoms with Gasteiger partial charge in [-0.1, -0.05) is 30.3 Å². The number of primary amides is 1. The van der Waals surface area contributed by atoms with Gasteiger partial charge in [-0.05, 0) is 43.2 Å². The van der Waals surface area contributed by atoms with Crippen molar-refractivity contribution < 1.29 is 18.7 Å². The number of benzene rings is 2. The Bertz CT molecular complexity index is 704.